The highest BCUT2D eigenvalue weighted by Gasteiger charge is 2.27. The number of carbonyl (C=O) groups excluding carboxylic acids is 2. The lowest BCUT2D eigenvalue weighted by Gasteiger charge is -2.21. The second-order valence-corrected chi connectivity index (χ2v) is 6.69. The van der Waals surface area contributed by atoms with Crippen molar-refractivity contribution in [1.29, 1.82) is 0 Å². The van der Waals surface area contributed by atoms with Gasteiger partial charge in [-0.05, 0) is 18.2 Å². The topological polar surface area (TPSA) is 55.8 Å². The zero-order valence-corrected chi connectivity index (χ0v) is 16.4. The van der Waals surface area contributed by atoms with E-state index in [1.165, 1.54) is 4.90 Å². The summed E-state index contributed by atoms with van der Waals surface area (Å²) in [7, 11) is 3.27. The Morgan fingerprint density at radius 2 is 1.41 bits per heavy atom. The molecule has 5 nitrogen and oxygen atoms in total. The van der Waals surface area contributed by atoms with Crippen molar-refractivity contribution in [2.45, 2.75) is 12.7 Å². The number of ether oxygens (including phenoxy) is 2. The number of amides is 1. The highest BCUT2D eigenvalue weighted by atomic mass is 16.5. The summed E-state index contributed by atoms with van der Waals surface area (Å²) in [6.45, 7) is 0.215. The van der Waals surface area contributed by atoms with Crippen LogP contribution in [-0.4, -0.2) is 30.9 Å². The number of benzene rings is 3. The normalized spacial score (nSPS) is 11.4. The molecular weight excluding hydrogens is 366 g/mol. The summed E-state index contributed by atoms with van der Waals surface area (Å²) < 4.78 is 11.4. The highest BCUT2D eigenvalue weighted by Crippen LogP contribution is 2.23. The van der Waals surface area contributed by atoms with Crippen LogP contribution < -0.4 is 4.74 Å². The second-order valence-electron chi connectivity index (χ2n) is 6.69. The van der Waals surface area contributed by atoms with Gasteiger partial charge in [-0.3, -0.25) is 4.79 Å². The van der Waals surface area contributed by atoms with Gasteiger partial charge >= 0.3 is 5.97 Å². The number of hydrogen-bond donors (Lipinski definition) is 0. The third-order valence-electron chi connectivity index (χ3n) is 4.37. The van der Waals surface area contributed by atoms with Crippen molar-refractivity contribution in [2.24, 2.45) is 0 Å². The van der Waals surface area contributed by atoms with Gasteiger partial charge in [0.2, 0.25) is 6.10 Å². The van der Waals surface area contributed by atoms with E-state index in [9.17, 15) is 9.59 Å². The molecule has 0 N–H and O–H groups in total. The molecule has 3 aromatic rings. The van der Waals surface area contributed by atoms with Crippen LogP contribution in [0, 0.1) is 0 Å². The van der Waals surface area contributed by atoms with Gasteiger partial charge in [0.1, 0.15) is 12.4 Å². The molecule has 0 aromatic heterocycles. The highest BCUT2D eigenvalue weighted by molar-refractivity contribution is 5.93. The van der Waals surface area contributed by atoms with Crippen molar-refractivity contribution >= 4 is 11.9 Å². The first-order valence-electron chi connectivity index (χ1n) is 9.29. The second kappa shape index (κ2) is 9.55. The van der Waals surface area contributed by atoms with Crippen molar-refractivity contribution < 1.29 is 19.1 Å². The minimum absolute atomic E-state index is 0.215. The molecule has 1 atom stereocenters. The molecule has 1 amide bonds. The predicted molar refractivity (Wildman–Crippen MR) is 111 cm³/mol. The number of para-hydroxylation sites is 1. The van der Waals surface area contributed by atoms with Gasteiger partial charge in [0.05, 0.1) is 5.56 Å². The lowest BCUT2D eigenvalue weighted by Crippen LogP contribution is -2.31. The quantitative estimate of drug-likeness (QED) is 0.567. The van der Waals surface area contributed by atoms with Gasteiger partial charge in [0, 0.05) is 25.2 Å². The lowest BCUT2D eigenvalue weighted by molar-refractivity contribution is -0.138. The van der Waals surface area contributed by atoms with E-state index in [2.05, 4.69) is 0 Å². The Bertz CT molecular complexity index is 955. The van der Waals surface area contributed by atoms with E-state index >= 15 is 0 Å². The molecule has 0 fully saturated rings. The fourth-order valence-electron chi connectivity index (χ4n) is 2.82. The summed E-state index contributed by atoms with van der Waals surface area (Å²) in [5.74, 6) is -0.163. The molecule has 0 aliphatic heterocycles. The monoisotopic (exact) mass is 389 g/mol. The summed E-state index contributed by atoms with van der Waals surface area (Å²) >= 11 is 0. The number of nitrogens with zero attached hydrogens (tertiary/aromatic N) is 1. The molecule has 0 heterocycles. The van der Waals surface area contributed by atoms with Crippen LogP contribution in [0.3, 0.4) is 0 Å². The molecule has 5 heteroatoms. The van der Waals surface area contributed by atoms with E-state index in [-0.39, 0.29) is 12.5 Å². The number of carbonyl (C=O) groups is 2. The number of likely N-dealkylation sites (N-methyl/N-ethyl adjacent to an activating group) is 1. The molecule has 0 aliphatic rings. The zero-order valence-electron chi connectivity index (χ0n) is 16.4. The molecule has 29 heavy (non-hydrogen) atoms. The van der Waals surface area contributed by atoms with Crippen molar-refractivity contribution in [3.05, 3.63) is 102 Å². The maximum Gasteiger partial charge on any atom is 0.339 e. The molecule has 148 valence electrons. The van der Waals surface area contributed by atoms with E-state index in [4.69, 9.17) is 9.47 Å². The SMILES string of the molecule is CN(C)C(=O)[C@@H](OC(=O)c1ccccc1COc1ccccc1)c1ccccc1. The Morgan fingerprint density at radius 1 is 0.828 bits per heavy atom. The van der Waals surface area contributed by atoms with Crippen LogP contribution in [0.1, 0.15) is 27.6 Å². The molecule has 0 bridgehead atoms. The van der Waals surface area contributed by atoms with Crippen molar-refractivity contribution in [1.82, 2.24) is 4.90 Å². The van der Waals surface area contributed by atoms with Gasteiger partial charge < -0.3 is 14.4 Å². The first-order valence-corrected chi connectivity index (χ1v) is 9.29. The molecule has 0 radical (unpaired) electrons. The minimum atomic E-state index is -1.01. The van der Waals surface area contributed by atoms with Gasteiger partial charge in [0.25, 0.3) is 5.91 Å². The van der Waals surface area contributed by atoms with Crippen LogP contribution in [0.25, 0.3) is 0 Å². The maximum absolute atomic E-state index is 12.9. The molecular formula is C24H23NO4. The smallest absolute Gasteiger partial charge is 0.339 e. The Morgan fingerprint density at radius 3 is 2.07 bits per heavy atom. The Kier molecular flexibility index (Phi) is 6.63. The van der Waals surface area contributed by atoms with Crippen molar-refractivity contribution in [3.63, 3.8) is 0 Å². The minimum Gasteiger partial charge on any atom is -0.489 e. The van der Waals surface area contributed by atoms with Gasteiger partial charge in [-0.25, -0.2) is 4.79 Å². The first kappa shape index (κ1) is 20.1. The van der Waals surface area contributed by atoms with Crippen LogP contribution >= 0.6 is 0 Å². The third kappa shape index (κ3) is 5.23. The molecule has 0 aliphatic carbocycles. The number of rotatable bonds is 7. The lowest BCUT2D eigenvalue weighted by atomic mass is 10.1. The fourth-order valence-corrected chi connectivity index (χ4v) is 2.82. The average molecular weight is 389 g/mol. The van der Waals surface area contributed by atoms with Crippen LogP contribution in [0.5, 0.6) is 5.75 Å². The summed E-state index contributed by atoms with van der Waals surface area (Å²) in [6.07, 6.45) is -1.01. The Balaban J connectivity index is 1.80. The Hall–Kier alpha value is -3.60. The van der Waals surface area contributed by atoms with Gasteiger partial charge in [-0.2, -0.15) is 0 Å². The summed E-state index contributed by atoms with van der Waals surface area (Å²) in [4.78, 5) is 27.0. The third-order valence-corrected chi connectivity index (χ3v) is 4.37. The van der Waals surface area contributed by atoms with Gasteiger partial charge in [-0.1, -0.05) is 66.7 Å². The summed E-state index contributed by atoms with van der Waals surface area (Å²) in [6, 6.07) is 25.4. The van der Waals surface area contributed by atoms with E-state index in [1.54, 1.807) is 50.5 Å². The van der Waals surface area contributed by atoms with Crippen LogP contribution in [0.4, 0.5) is 0 Å². The average Bonchev–Trinajstić information content (AvgIpc) is 2.77. The van der Waals surface area contributed by atoms with Crippen molar-refractivity contribution in [3.8, 4) is 5.75 Å². The number of hydrogen-bond acceptors (Lipinski definition) is 4. The fraction of sp³-hybridized carbons (Fsp3) is 0.167. The Labute approximate surface area is 170 Å². The largest absolute Gasteiger partial charge is 0.489 e. The number of esters is 1. The first-order chi connectivity index (χ1) is 14.1. The molecule has 0 unspecified atom stereocenters. The van der Waals surface area contributed by atoms with E-state index in [0.717, 1.165) is 0 Å². The van der Waals surface area contributed by atoms with E-state index in [1.807, 2.05) is 48.5 Å². The summed E-state index contributed by atoms with van der Waals surface area (Å²) in [5, 5.41) is 0. The maximum atomic E-state index is 12.9. The van der Waals surface area contributed by atoms with Gasteiger partial charge in [-0.15, -0.1) is 0 Å². The molecule has 0 saturated carbocycles. The molecule has 3 aromatic carbocycles. The van der Waals surface area contributed by atoms with Crippen LogP contribution in [0.2, 0.25) is 0 Å². The standard InChI is InChI=1S/C24H23NO4/c1-25(2)23(26)22(18-11-5-3-6-12-18)29-24(27)21-16-10-9-13-19(21)17-28-20-14-7-4-8-15-20/h3-16,22H,17H2,1-2H3/t22-/m0/s1. The van der Waals surface area contributed by atoms with Gasteiger partial charge in [0.15, 0.2) is 0 Å². The predicted octanol–water partition coefficient (Wildman–Crippen LogP) is 4.25. The molecule has 3 rings (SSSR count). The van der Waals surface area contributed by atoms with Crippen LogP contribution in [0.15, 0.2) is 84.9 Å². The summed E-state index contributed by atoms with van der Waals surface area (Å²) in [5.41, 5.74) is 1.68. The van der Waals surface area contributed by atoms with E-state index in [0.29, 0.717) is 22.4 Å². The molecule has 0 saturated heterocycles. The van der Waals surface area contributed by atoms with Crippen LogP contribution in [-0.2, 0) is 16.1 Å². The van der Waals surface area contributed by atoms with Crippen molar-refractivity contribution in [2.75, 3.05) is 14.1 Å². The zero-order chi connectivity index (χ0) is 20.6. The molecule has 0 spiro atoms. The van der Waals surface area contributed by atoms with E-state index < -0.39 is 12.1 Å².